The third-order valence-electron chi connectivity index (χ3n) is 3.37. The Bertz CT molecular complexity index is 1050. The third kappa shape index (κ3) is 2.79. The second-order valence-electron chi connectivity index (χ2n) is 4.90. The van der Waals surface area contributed by atoms with Gasteiger partial charge in [0.25, 0.3) is 10.0 Å². The molecular weight excluding hydrogens is 335 g/mol. The van der Waals surface area contributed by atoms with Gasteiger partial charge in [0, 0.05) is 11.6 Å². The van der Waals surface area contributed by atoms with E-state index in [2.05, 4.69) is 9.71 Å². The third-order valence-corrected chi connectivity index (χ3v) is 4.79. The molecule has 2 aromatic carbocycles. The summed E-state index contributed by atoms with van der Waals surface area (Å²) in [6.07, 6.45) is 1.53. The Morgan fingerprint density at radius 3 is 2.58 bits per heavy atom. The second kappa shape index (κ2) is 5.89. The van der Waals surface area contributed by atoms with E-state index in [1.807, 2.05) is 0 Å². The zero-order chi connectivity index (χ0) is 17.3. The highest BCUT2D eigenvalue weighted by Crippen LogP contribution is 2.26. The molecule has 0 bridgehead atoms. The highest BCUT2D eigenvalue weighted by Gasteiger charge is 2.22. The first-order valence-electron chi connectivity index (χ1n) is 6.78. The summed E-state index contributed by atoms with van der Waals surface area (Å²) in [5, 5.41) is 9.48. The number of halogens is 1. The predicted octanol–water partition coefficient (Wildman–Crippen LogP) is 2.87. The van der Waals surface area contributed by atoms with Crippen LogP contribution in [0.2, 0.25) is 0 Å². The fourth-order valence-corrected chi connectivity index (χ4v) is 3.63. The Labute approximate surface area is 136 Å². The van der Waals surface area contributed by atoms with Crippen LogP contribution in [0.15, 0.2) is 59.6 Å². The second-order valence-corrected chi connectivity index (χ2v) is 6.55. The molecule has 0 saturated carbocycles. The number of benzene rings is 2. The largest absolute Gasteiger partial charge is 0.478 e. The van der Waals surface area contributed by atoms with Crippen LogP contribution in [-0.4, -0.2) is 24.5 Å². The van der Waals surface area contributed by atoms with Crippen LogP contribution in [0.5, 0.6) is 0 Å². The van der Waals surface area contributed by atoms with Crippen LogP contribution in [0.4, 0.5) is 10.1 Å². The van der Waals surface area contributed by atoms with Gasteiger partial charge in [0.2, 0.25) is 0 Å². The minimum absolute atomic E-state index is 0.0753. The van der Waals surface area contributed by atoms with Crippen molar-refractivity contribution in [1.82, 2.24) is 4.98 Å². The molecule has 3 rings (SSSR count). The van der Waals surface area contributed by atoms with Gasteiger partial charge in [-0.25, -0.2) is 17.6 Å². The molecule has 1 heterocycles. The van der Waals surface area contributed by atoms with Gasteiger partial charge in [0.1, 0.15) is 11.4 Å². The van der Waals surface area contributed by atoms with E-state index in [-0.39, 0.29) is 10.6 Å². The molecule has 0 unspecified atom stereocenters. The molecule has 0 aliphatic heterocycles. The van der Waals surface area contributed by atoms with E-state index in [0.717, 1.165) is 6.07 Å². The Kier molecular flexibility index (Phi) is 3.90. The maximum absolute atomic E-state index is 13.7. The zero-order valence-electron chi connectivity index (χ0n) is 12.1. The number of carboxylic acid groups (broad SMARTS) is 1. The summed E-state index contributed by atoms with van der Waals surface area (Å²) in [5.74, 6) is -2.59. The van der Waals surface area contributed by atoms with E-state index < -0.39 is 27.4 Å². The molecule has 0 aliphatic rings. The summed E-state index contributed by atoms with van der Waals surface area (Å²) < 4.78 is 41.1. The summed E-state index contributed by atoms with van der Waals surface area (Å²) >= 11 is 0. The number of pyridine rings is 1. The van der Waals surface area contributed by atoms with E-state index in [4.69, 9.17) is 5.11 Å². The summed E-state index contributed by atoms with van der Waals surface area (Å²) in [4.78, 5) is 15.2. The molecule has 24 heavy (non-hydrogen) atoms. The van der Waals surface area contributed by atoms with Gasteiger partial charge in [-0.15, -0.1) is 0 Å². The Morgan fingerprint density at radius 1 is 1.08 bits per heavy atom. The monoisotopic (exact) mass is 346 g/mol. The zero-order valence-corrected chi connectivity index (χ0v) is 12.9. The standard InChI is InChI=1S/C16H11FN2O4S/c17-11-5-1-7-13(15(11)16(20)21)19-24(22,23)14-8-2-6-12-10(14)4-3-9-18-12/h1-9,19H,(H,20,21). The Hall–Kier alpha value is -3.00. The van der Waals surface area contributed by atoms with Crippen LogP contribution < -0.4 is 4.72 Å². The maximum atomic E-state index is 13.7. The minimum Gasteiger partial charge on any atom is -0.478 e. The topological polar surface area (TPSA) is 96.4 Å². The van der Waals surface area contributed by atoms with Crippen molar-refractivity contribution >= 4 is 32.6 Å². The molecule has 0 amide bonds. The number of aromatic carboxylic acids is 1. The Morgan fingerprint density at radius 2 is 1.83 bits per heavy atom. The van der Waals surface area contributed by atoms with Crippen molar-refractivity contribution in [3.05, 3.63) is 66.1 Å². The quantitative estimate of drug-likeness (QED) is 0.757. The number of nitrogens with zero attached hydrogens (tertiary/aromatic N) is 1. The maximum Gasteiger partial charge on any atom is 0.340 e. The Balaban J connectivity index is 2.13. The van der Waals surface area contributed by atoms with Crippen molar-refractivity contribution in [1.29, 1.82) is 0 Å². The SMILES string of the molecule is O=C(O)c1c(F)cccc1NS(=O)(=O)c1cccc2ncccc12. The number of sulfonamides is 1. The molecule has 8 heteroatoms. The van der Waals surface area contributed by atoms with Gasteiger partial charge < -0.3 is 5.11 Å². The number of carboxylic acids is 1. The smallest absolute Gasteiger partial charge is 0.340 e. The molecule has 6 nitrogen and oxygen atoms in total. The van der Waals surface area contributed by atoms with E-state index >= 15 is 0 Å². The average molecular weight is 346 g/mol. The van der Waals surface area contributed by atoms with Crippen LogP contribution in [0, 0.1) is 5.82 Å². The number of hydrogen-bond acceptors (Lipinski definition) is 4. The van der Waals surface area contributed by atoms with Gasteiger partial charge in [0.05, 0.1) is 16.1 Å². The lowest BCUT2D eigenvalue weighted by Crippen LogP contribution is -2.16. The van der Waals surface area contributed by atoms with Crippen LogP contribution >= 0.6 is 0 Å². The first kappa shape index (κ1) is 15.9. The molecule has 0 aliphatic carbocycles. The highest BCUT2D eigenvalue weighted by atomic mass is 32.2. The van der Waals surface area contributed by atoms with E-state index in [0.29, 0.717) is 10.9 Å². The fraction of sp³-hybridized carbons (Fsp3) is 0. The lowest BCUT2D eigenvalue weighted by molar-refractivity contribution is 0.0693. The molecule has 0 saturated heterocycles. The van der Waals surface area contributed by atoms with Crippen LogP contribution in [0.1, 0.15) is 10.4 Å². The minimum atomic E-state index is -4.13. The number of hydrogen-bond donors (Lipinski definition) is 2. The molecule has 0 fully saturated rings. The fourth-order valence-electron chi connectivity index (χ4n) is 2.34. The van der Waals surface area contributed by atoms with Crippen molar-refractivity contribution in [3.8, 4) is 0 Å². The number of aromatic nitrogens is 1. The van der Waals surface area contributed by atoms with Crippen molar-refractivity contribution in [2.75, 3.05) is 4.72 Å². The van der Waals surface area contributed by atoms with E-state index in [1.54, 1.807) is 18.2 Å². The van der Waals surface area contributed by atoms with Gasteiger partial charge in [-0.2, -0.15) is 0 Å². The molecule has 1 aromatic heterocycles. The normalized spacial score (nSPS) is 11.4. The average Bonchev–Trinajstić information content (AvgIpc) is 2.53. The molecular formula is C16H11FN2O4S. The lowest BCUT2D eigenvalue weighted by atomic mass is 10.2. The first-order valence-corrected chi connectivity index (χ1v) is 8.27. The molecule has 0 spiro atoms. The molecule has 0 atom stereocenters. The van der Waals surface area contributed by atoms with Gasteiger partial charge in [-0.1, -0.05) is 12.1 Å². The molecule has 2 N–H and O–H groups in total. The summed E-state index contributed by atoms with van der Waals surface area (Å²) in [7, 11) is -4.13. The van der Waals surface area contributed by atoms with E-state index in [1.165, 1.54) is 30.5 Å². The number of anilines is 1. The van der Waals surface area contributed by atoms with Crippen molar-refractivity contribution in [3.63, 3.8) is 0 Å². The molecule has 0 radical (unpaired) electrons. The first-order chi connectivity index (χ1) is 11.4. The number of rotatable bonds is 4. The number of fused-ring (bicyclic) bond motifs is 1. The lowest BCUT2D eigenvalue weighted by Gasteiger charge is -2.12. The van der Waals surface area contributed by atoms with Gasteiger partial charge >= 0.3 is 5.97 Å². The highest BCUT2D eigenvalue weighted by molar-refractivity contribution is 7.93. The van der Waals surface area contributed by atoms with E-state index in [9.17, 15) is 17.6 Å². The van der Waals surface area contributed by atoms with Gasteiger partial charge in [-0.3, -0.25) is 9.71 Å². The molecule has 122 valence electrons. The van der Waals surface area contributed by atoms with Crippen molar-refractivity contribution < 1.29 is 22.7 Å². The summed E-state index contributed by atoms with van der Waals surface area (Å²) in [6.45, 7) is 0. The number of carbonyl (C=O) groups is 1. The predicted molar refractivity (Wildman–Crippen MR) is 85.9 cm³/mol. The summed E-state index contributed by atoms with van der Waals surface area (Å²) in [6, 6.07) is 11.1. The van der Waals surface area contributed by atoms with Gasteiger partial charge in [-0.05, 0) is 36.4 Å². The van der Waals surface area contributed by atoms with Crippen molar-refractivity contribution in [2.45, 2.75) is 4.90 Å². The molecule has 3 aromatic rings. The van der Waals surface area contributed by atoms with Gasteiger partial charge in [0.15, 0.2) is 0 Å². The number of nitrogens with one attached hydrogen (secondary N) is 1. The van der Waals surface area contributed by atoms with Crippen LogP contribution in [0.25, 0.3) is 10.9 Å². The van der Waals surface area contributed by atoms with Crippen LogP contribution in [-0.2, 0) is 10.0 Å². The van der Waals surface area contributed by atoms with Crippen molar-refractivity contribution in [2.24, 2.45) is 0 Å². The van der Waals surface area contributed by atoms with Crippen LogP contribution in [0.3, 0.4) is 0 Å². The summed E-state index contributed by atoms with van der Waals surface area (Å²) in [5.41, 5.74) is -0.610.